The number of aromatic nitrogens is 5. The molecule has 0 aliphatic rings. The number of aliphatic hydroxyl groups excluding tert-OH is 1. The van der Waals surface area contributed by atoms with Gasteiger partial charge < -0.3 is 15.4 Å². The lowest BCUT2D eigenvalue weighted by molar-refractivity contribution is 0.0910. The van der Waals surface area contributed by atoms with E-state index in [-0.39, 0.29) is 17.9 Å². The lowest BCUT2D eigenvalue weighted by Gasteiger charge is -2.21. The van der Waals surface area contributed by atoms with Gasteiger partial charge in [0, 0.05) is 42.5 Å². The van der Waals surface area contributed by atoms with Gasteiger partial charge in [-0.15, -0.1) is 15.3 Å². The van der Waals surface area contributed by atoms with Crippen LogP contribution in [-0.4, -0.2) is 49.5 Å². The number of hydrogen-bond acceptors (Lipinski definition) is 7. The summed E-state index contributed by atoms with van der Waals surface area (Å²) in [7, 11) is 0. The Morgan fingerprint density at radius 2 is 1.85 bits per heavy atom. The molecule has 0 saturated heterocycles. The number of carbonyl (C=O) groups is 1. The highest BCUT2D eigenvalue weighted by molar-refractivity contribution is 7.13. The summed E-state index contributed by atoms with van der Waals surface area (Å²) in [5.41, 5.74) is 3.81. The van der Waals surface area contributed by atoms with Gasteiger partial charge >= 0.3 is 0 Å². The van der Waals surface area contributed by atoms with Crippen molar-refractivity contribution in [3.05, 3.63) is 69.4 Å². The molecule has 8 nitrogen and oxygen atoms in total. The fourth-order valence-electron chi connectivity index (χ4n) is 3.54. The van der Waals surface area contributed by atoms with Crippen molar-refractivity contribution in [1.82, 2.24) is 30.7 Å². The van der Waals surface area contributed by atoms with E-state index in [2.05, 4.69) is 55.0 Å². The predicted molar refractivity (Wildman–Crippen MR) is 133 cm³/mol. The van der Waals surface area contributed by atoms with E-state index < -0.39 is 0 Å². The molecule has 3 N–H and O–H groups in total. The molecule has 3 heterocycles. The Hall–Kier alpha value is -3.17. The summed E-state index contributed by atoms with van der Waals surface area (Å²) in [5.74, 6) is -0.244. The van der Waals surface area contributed by atoms with Crippen molar-refractivity contribution in [2.45, 2.75) is 46.0 Å². The predicted octanol–water partition coefficient (Wildman–Crippen LogP) is 3.71. The quantitative estimate of drug-likeness (QED) is 0.283. The fourth-order valence-corrected chi connectivity index (χ4v) is 4.34. The number of rotatable bonds is 11. The zero-order valence-corrected chi connectivity index (χ0v) is 20.4. The van der Waals surface area contributed by atoms with Crippen LogP contribution < -0.4 is 5.32 Å². The maximum Gasteiger partial charge on any atom is 0.282 e. The molecule has 0 radical (unpaired) electrons. The zero-order chi connectivity index (χ0) is 24.0. The summed E-state index contributed by atoms with van der Waals surface area (Å²) in [6.07, 6.45) is 4.33. The molecule has 0 aliphatic heterocycles. The van der Waals surface area contributed by atoms with Gasteiger partial charge in [-0.25, -0.2) is 0 Å². The number of nitrogens with zero attached hydrogens (tertiary/aromatic N) is 4. The molecule has 9 heteroatoms. The topological polar surface area (TPSA) is 117 Å². The largest absolute Gasteiger partial charge is 0.396 e. The summed E-state index contributed by atoms with van der Waals surface area (Å²) in [6, 6.07) is 14.6. The number of aromatic amines is 1. The Morgan fingerprint density at radius 1 is 1.06 bits per heavy atom. The Balaban J connectivity index is 1.24. The smallest absolute Gasteiger partial charge is 0.282 e. The van der Waals surface area contributed by atoms with Gasteiger partial charge in [0.15, 0.2) is 5.65 Å². The summed E-state index contributed by atoms with van der Waals surface area (Å²) in [4.78, 5) is 15.6. The number of unbranched alkanes of at least 4 members (excludes halogenated alkanes) is 1. The number of aliphatic hydroxyl groups is 1. The van der Waals surface area contributed by atoms with E-state index in [0.717, 1.165) is 59.5 Å². The third-order valence-corrected chi connectivity index (χ3v) is 6.59. The molecule has 1 aromatic carbocycles. The van der Waals surface area contributed by atoms with E-state index in [1.807, 2.05) is 32.0 Å². The van der Waals surface area contributed by atoms with Gasteiger partial charge in [0.25, 0.3) is 5.91 Å². The highest BCUT2D eigenvalue weighted by Gasteiger charge is 2.20. The number of hydrogen-bond donors (Lipinski definition) is 3. The highest BCUT2D eigenvalue weighted by Crippen LogP contribution is 2.18. The van der Waals surface area contributed by atoms with Crippen molar-refractivity contribution < 1.29 is 9.90 Å². The molecule has 4 rings (SSSR count). The number of H-pyrrole nitrogens is 1. The first-order valence-corrected chi connectivity index (χ1v) is 12.3. The van der Waals surface area contributed by atoms with Crippen LogP contribution >= 0.6 is 11.3 Å². The van der Waals surface area contributed by atoms with Crippen molar-refractivity contribution in [3.63, 3.8) is 0 Å². The van der Waals surface area contributed by atoms with Gasteiger partial charge in [-0.3, -0.25) is 4.79 Å². The van der Waals surface area contributed by atoms with Crippen molar-refractivity contribution in [2.24, 2.45) is 5.41 Å². The molecule has 178 valence electrons. The Bertz CT molecular complexity index is 1230. The van der Waals surface area contributed by atoms with Gasteiger partial charge in [0.2, 0.25) is 5.01 Å². The van der Waals surface area contributed by atoms with Crippen LogP contribution in [0.1, 0.15) is 58.5 Å². The van der Waals surface area contributed by atoms with E-state index in [0.29, 0.717) is 11.6 Å². The molecule has 0 saturated carbocycles. The summed E-state index contributed by atoms with van der Waals surface area (Å²) >= 11 is 1.32. The molecule has 0 spiro atoms. The van der Waals surface area contributed by atoms with Crippen molar-refractivity contribution >= 4 is 28.3 Å². The van der Waals surface area contributed by atoms with Gasteiger partial charge in [-0.05, 0) is 37.0 Å². The van der Waals surface area contributed by atoms with Crippen LogP contribution in [0, 0.1) is 5.41 Å². The van der Waals surface area contributed by atoms with Gasteiger partial charge in [-0.2, -0.15) is 5.10 Å². The summed E-state index contributed by atoms with van der Waals surface area (Å²) < 4.78 is 0. The molecule has 0 fully saturated rings. The van der Waals surface area contributed by atoms with Crippen molar-refractivity contribution in [1.29, 1.82) is 0 Å². The second kappa shape index (κ2) is 10.8. The third-order valence-electron chi connectivity index (χ3n) is 5.61. The van der Waals surface area contributed by atoms with Gasteiger partial charge in [0.1, 0.15) is 5.01 Å². The van der Waals surface area contributed by atoms with E-state index in [4.69, 9.17) is 0 Å². The maximum atomic E-state index is 12.2. The van der Waals surface area contributed by atoms with Gasteiger partial charge in [-0.1, -0.05) is 55.5 Å². The zero-order valence-electron chi connectivity index (χ0n) is 19.5. The standard InChI is InChI=1S/C25H30N6O2S/c1-25(2,16-32)15-26-23(33)24-31-29-21(34-24)11-7-6-10-19-13-18-14-20(27-22(18)30-28-19)12-17-8-4-3-5-9-17/h3-5,8-9,13-14,32H,6-7,10-12,15-16H2,1-2H3,(H,26,33)(H,27,30). The lowest BCUT2D eigenvalue weighted by atomic mass is 9.95. The maximum absolute atomic E-state index is 12.2. The molecule has 1 amide bonds. The monoisotopic (exact) mass is 478 g/mol. The first kappa shape index (κ1) is 24.0. The van der Waals surface area contributed by atoms with E-state index in [9.17, 15) is 9.90 Å². The molecule has 4 aromatic rings. The molecule has 0 atom stereocenters. The Kier molecular flexibility index (Phi) is 7.64. The van der Waals surface area contributed by atoms with Crippen LogP contribution in [0.15, 0.2) is 42.5 Å². The Morgan fingerprint density at radius 3 is 2.65 bits per heavy atom. The normalized spacial score (nSPS) is 11.7. The first-order valence-electron chi connectivity index (χ1n) is 11.5. The number of benzene rings is 1. The summed E-state index contributed by atoms with van der Waals surface area (Å²) in [6.45, 7) is 4.17. The van der Waals surface area contributed by atoms with Crippen LogP contribution in [0.4, 0.5) is 0 Å². The third kappa shape index (κ3) is 6.45. The number of amides is 1. The minimum atomic E-state index is -0.362. The number of nitrogens with one attached hydrogen (secondary N) is 2. The molecular formula is C25H30N6O2S. The molecule has 0 aliphatic carbocycles. The second-order valence-corrected chi connectivity index (χ2v) is 10.4. The number of fused-ring (bicyclic) bond motifs is 1. The SMILES string of the molecule is CC(C)(CO)CNC(=O)c1nnc(CCCCc2cc3cc(Cc4ccccc4)[nH]c3nn2)s1. The second-order valence-electron chi connectivity index (χ2n) is 9.31. The van der Waals surface area contributed by atoms with Crippen LogP contribution in [0.25, 0.3) is 11.0 Å². The van der Waals surface area contributed by atoms with Crippen LogP contribution in [0.5, 0.6) is 0 Å². The van der Waals surface area contributed by atoms with Gasteiger partial charge in [0.05, 0.1) is 5.69 Å². The average Bonchev–Trinajstić information content (AvgIpc) is 3.47. The highest BCUT2D eigenvalue weighted by atomic mass is 32.1. The summed E-state index contributed by atoms with van der Waals surface area (Å²) in [5, 5.41) is 31.3. The molecule has 3 aromatic heterocycles. The molecule has 0 unspecified atom stereocenters. The minimum absolute atomic E-state index is 0.00486. The lowest BCUT2D eigenvalue weighted by Crippen LogP contribution is -2.36. The number of aryl methyl sites for hydroxylation is 2. The van der Waals surface area contributed by atoms with Crippen LogP contribution in [-0.2, 0) is 19.3 Å². The number of carbonyl (C=O) groups excluding carboxylic acids is 1. The minimum Gasteiger partial charge on any atom is -0.396 e. The van der Waals surface area contributed by atoms with E-state index in [1.54, 1.807) is 0 Å². The van der Waals surface area contributed by atoms with Crippen molar-refractivity contribution in [3.8, 4) is 0 Å². The molecular weight excluding hydrogens is 448 g/mol. The Labute approximate surface area is 202 Å². The van der Waals surface area contributed by atoms with E-state index in [1.165, 1.54) is 16.9 Å². The fraction of sp³-hybridized carbons (Fsp3) is 0.400. The first-order chi connectivity index (χ1) is 16.4. The average molecular weight is 479 g/mol. The van der Waals surface area contributed by atoms with Crippen LogP contribution in [0.2, 0.25) is 0 Å². The van der Waals surface area contributed by atoms with Crippen LogP contribution in [0.3, 0.4) is 0 Å². The van der Waals surface area contributed by atoms with E-state index >= 15 is 0 Å². The molecule has 0 bridgehead atoms. The molecule has 34 heavy (non-hydrogen) atoms. The van der Waals surface area contributed by atoms with Crippen molar-refractivity contribution in [2.75, 3.05) is 13.2 Å².